The van der Waals surface area contributed by atoms with E-state index in [1.165, 1.54) is 12.2 Å². The summed E-state index contributed by atoms with van der Waals surface area (Å²) in [6.07, 6.45) is 4.71. The van der Waals surface area contributed by atoms with Gasteiger partial charge in [0.05, 0.1) is 0 Å². The predicted molar refractivity (Wildman–Crippen MR) is 67.6 cm³/mol. The highest BCUT2D eigenvalue weighted by molar-refractivity contribution is 9.10. The van der Waals surface area contributed by atoms with E-state index in [2.05, 4.69) is 21.2 Å². The number of esters is 1. The second-order valence-electron chi connectivity index (χ2n) is 3.92. The maximum Gasteiger partial charge on any atom is 0.331 e. The van der Waals surface area contributed by atoms with E-state index in [1.807, 2.05) is 0 Å². The Hall–Kier alpha value is -1.56. The minimum atomic E-state index is -0.575. The fraction of sp³-hybridized carbons (Fsp3) is 0.333. The van der Waals surface area contributed by atoms with E-state index in [9.17, 15) is 9.59 Å². The van der Waals surface area contributed by atoms with Gasteiger partial charge in [-0.1, -0.05) is 0 Å². The van der Waals surface area contributed by atoms with Crippen LogP contribution in [0.2, 0.25) is 0 Å². The van der Waals surface area contributed by atoms with Crippen LogP contribution in [0.5, 0.6) is 0 Å². The molecule has 1 aromatic rings. The first-order chi connectivity index (χ1) is 8.63. The largest absolute Gasteiger partial charge is 0.452 e. The quantitative estimate of drug-likeness (QED) is 0.665. The zero-order chi connectivity index (χ0) is 13.0. The molecule has 0 aliphatic heterocycles. The van der Waals surface area contributed by atoms with Gasteiger partial charge < -0.3 is 14.5 Å². The Labute approximate surface area is 112 Å². The van der Waals surface area contributed by atoms with E-state index < -0.39 is 5.97 Å². The normalized spacial score (nSPS) is 14.7. The van der Waals surface area contributed by atoms with Gasteiger partial charge in [0.25, 0.3) is 5.91 Å². The van der Waals surface area contributed by atoms with Crippen molar-refractivity contribution in [3.63, 3.8) is 0 Å². The van der Waals surface area contributed by atoms with Gasteiger partial charge in [0, 0.05) is 12.1 Å². The summed E-state index contributed by atoms with van der Waals surface area (Å²) in [5, 5.41) is 2.72. The summed E-state index contributed by atoms with van der Waals surface area (Å²) in [5.41, 5.74) is 0. The first kappa shape index (κ1) is 12.9. The smallest absolute Gasteiger partial charge is 0.331 e. The minimum absolute atomic E-state index is 0.248. The van der Waals surface area contributed by atoms with E-state index in [-0.39, 0.29) is 18.6 Å². The van der Waals surface area contributed by atoms with Crippen molar-refractivity contribution in [2.75, 3.05) is 6.61 Å². The summed E-state index contributed by atoms with van der Waals surface area (Å²) in [7, 11) is 0. The van der Waals surface area contributed by atoms with Crippen molar-refractivity contribution in [1.29, 1.82) is 0 Å². The Morgan fingerprint density at radius 1 is 1.50 bits per heavy atom. The Balaban J connectivity index is 1.70. The van der Waals surface area contributed by atoms with Crippen LogP contribution in [0.15, 0.2) is 27.3 Å². The van der Waals surface area contributed by atoms with Crippen LogP contribution >= 0.6 is 15.9 Å². The molecule has 18 heavy (non-hydrogen) atoms. The van der Waals surface area contributed by atoms with Crippen molar-refractivity contribution in [2.45, 2.75) is 18.9 Å². The van der Waals surface area contributed by atoms with Crippen LogP contribution in [0.3, 0.4) is 0 Å². The van der Waals surface area contributed by atoms with Crippen LogP contribution in [0.4, 0.5) is 0 Å². The fourth-order valence-corrected chi connectivity index (χ4v) is 1.57. The number of rotatable bonds is 5. The molecule has 1 N–H and O–H groups in total. The van der Waals surface area contributed by atoms with Gasteiger partial charge in [-0.2, -0.15) is 0 Å². The van der Waals surface area contributed by atoms with Crippen molar-refractivity contribution in [3.05, 3.63) is 28.6 Å². The topological polar surface area (TPSA) is 68.5 Å². The van der Waals surface area contributed by atoms with Crippen molar-refractivity contribution in [3.8, 4) is 0 Å². The molecule has 1 saturated carbocycles. The highest BCUT2D eigenvalue weighted by Gasteiger charge is 2.23. The molecule has 96 valence electrons. The summed E-state index contributed by atoms with van der Waals surface area (Å²) >= 11 is 3.15. The molecule has 6 heteroatoms. The summed E-state index contributed by atoms with van der Waals surface area (Å²) in [4.78, 5) is 22.5. The van der Waals surface area contributed by atoms with Crippen molar-refractivity contribution < 1.29 is 18.7 Å². The van der Waals surface area contributed by atoms with E-state index >= 15 is 0 Å². The number of ether oxygens (including phenoxy) is 1. The standard InChI is InChI=1S/C12H12BrNO4/c13-10-5-3-9(18-10)4-6-12(16)17-7-11(15)14-8-1-2-8/h3-6,8H,1-2,7H2,(H,14,15). The summed E-state index contributed by atoms with van der Waals surface area (Å²) < 4.78 is 10.5. The average molecular weight is 314 g/mol. The number of amides is 1. The van der Waals surface area contributed by atoms with Crippen molar-refractivity contribution >= 4 is 33.9 Å². The molecule has 0 aromatic carbocycles. The molecule has 1 aliphatic carbocycles. The van der Waals surface area contributed by atoms with Gasteiger partial charge in [0.15, 0.2) is 11.3 Å². The molecule has 0 spiro atoms. The van der Waals surface area contributed by atoms with Crippen LogP contribution in [-0.2, 0) is 14.3 Å². The molecule has 2 rings (SSSR count). The number of hydrogen-bond acceptors (Lipinski definition) is 4. The van der Waals surface area contributed by atoms with Gasteiger partial charge in [-0.25, -0.2) is 4.79 Å². The summed E-state index contributed by atoms with van der Waals surface area (Å²) in [5.74, 6) is -0.310. The van der Waals surface area contributed by atoms with E-state index in [4.69, 9.17) is 9.15 Å². The Morgan fingerprint density at radius 3 is 2.89 bits per heavy atom. The Bertz CT molecular complexity index is 476. The van der Waals surface area contributed by atoms with Crippen molar-refractivity contribution in [1.82, 2.24) is 5.32 Å². The number of carbonyl (C=O) groups excluding carboxylic acids is 2. The average Bonchev–Trinajstić information content (AvgIpc) is 3.04. The van der Waals surface area contributed by atoms with Crippen LogP contribution in [0, 0.1) is 0 Å². The molecule has 0 saturated heterocycles. The molecule has 0 unspecified atom stereocenters. The van der Waals surface area contributed by atoms with Gasteiger partial charge in [-0.05, 0) is 47.0 Å². The number of furan rings is 1. The number of halogens is 1. The lowest BCUT2D eigenvalue weighted by Gasteiger charge is -2.02. The monoisotopic (exact) mass is 313 g/mol. The Morgan fingerprint density at radius 2 is 2.28 bits per heavy atom. The fourth-order valence-electron chi connectivity index (χ4n) is 1.25. The second kappa shape index (κ2) is 5.86. The maximum absolute atomic E-state index is 11.3. The maximum atomic E-state index is 11.3. The molecule has 0 bridgehead atoms. The Kier molecular flexibility index (Phi) is 4.19. The number of carbonyl (C=O) groups is 2. The van der Waals surface area contributed by atoms with E-state index in [0.717, 1.165) is 12.8 Å². The van der Waals surface area contributed by atoms with Crippen LogP contribution < -0.4 is 5.32 Å². The molecule has 5 nitrogen and oxygen atoms in total. The zero-order valence-electron chi connectivity index (χ0n) is 9.52. The molecular formula is C12H12BrNO4. The van der Waals surface area contributed by atoms with E-state index in [0.29, 0.717) is 10.4 Å². The van der Waals surface area contributed by atoms with Gasteiger partial charge in [0.1, 0.15) is 5.76 Å². The molecule has 1 fully saturated rings. The van der Waals surface area contributed by atoms with Crippen LogP contribution in [0.1, 0.15) is 18.6 Å². The number of nitrogens with one attached hydrogen (secondary N) is 1. The van der Waals surface area contributed by atoms with E-state index in [1.54, 1.807) is 12.1 Å². The molecule has 1 aliphatic rings. The van der Waals surface area contributed by atoms with Crippen molar-refractivity contribution in [2.24, 2.45) is 0 Å². The lowest BCUT2D eigenvalue weighted by Crippen LogP contribution is -2.30. The molecule has 0 radical (unpaired) electrons. The number of hydrogen-bond donors (Lipinski definition) is 1. The molecule has 0 atom stereocenters. The summed E-state index contributed by atoms with van der Waals surface area (Å²) in [6, 6.07) is 3.69. The van der Waals surface area contributed by atoms with Crippen LogP contribution in [-0.4, -0.2) is 24.5 Å². The SMILES string of the molecule is O=C(COC(=O)C=Cc1ccc(Br)o1)NC1CC1. The zero-order valence-corrected chi connectivity index (χ0v) is 11.1. The lowest BCUT2D eigenvalue weighted by molar-refractivity contribution is -0.143. The highest BCUT2D eigenvalue weighted by atomic mass is 79.9. The molecular weight excluding hydrogens is 302 g/mol. The van der Waals surface area contributed by atoms with Gasteiger partial charge in [-0.3, -0.25) is 4.79 Å². The van der Waals surface area contributed by atoms with Gasteiger partial charge in [0.2, 0.25) is 0 Å². The molecule has 1 amide bonds. The first-order valence-electron chi connectivity index (χ1n) is 5.53. The van der Waals surface area contributed by atoms with Crippen LogP contribution in [0.25, 0.3) is 6.08 Å². The van der Waals surface area contributed by atoms with Gasteiger partial charge in [-0.15, -0.1) is 0 Å². The lowest BCUT2D eigenvalue weighted by atomic mass is 10.4. The third-order valence-electron chi connectivity index (χ3n) is 2.27. The third-order valence-corrected chi connectivity index (χ3v) is 2.69. The first-order valence-corrected chi connectivity index (χ1v) is 6.32. The predicted octanol–water partition coefficient (Wildman–Crippen LogP) is 1.88. The molecule has 1 heterocycles. The minimum Gasteiger partial charge on any atom is -0.452 e. The second-order valence-corrected chi connectivity index (χ2v) is 4.71. The highest BCUT2D eigenvalue weighted by Crippen LogP contribution is 2.18. The third kappa shape index (κ3) is 4.37. The van der Waals surface area contributed by atoms with Gasteiger partial charge >= 0.3 is 5.97 Å². The molecule has 1 aromatic heterocycles. The summed E-state index contributed by atoms with van der Waals surface area (Å²) in [6.45, 7) is -0.248.